The van der Waals surface area contributed by atoms with E-state index in [1.165, 1.54) is 11.1 Å². The fourth-order valence-corrected chi connectivity index (χ4v) is 4.21. The lowest BCUT2D eigenvalue weighted by molar-refractivity contribution is 0.191. The van der Waals surface area contributed by atoms with Crippen molar-refractivity contribution >= 4 is 28.7 Å². The van der Waals surface area contributed by atoms with Crippen molar-refractivity contribution in [2.75, 3.05) is 6.54 Å². The molecular weight excluding hydrogens is 302 g/mol. The number of carbonyl (C=O) groups excluding carboxylic acids is 1. The third-order valence-corrected chi connectivity index (χ3v) is 5.59. The molecule has 1 atom stereocenters. The first-order valence-electron chi connectivity index (χ1n) is 7.13. The molecule has 1 fully saturated rings. The number of thiazole rings is 1. The second-order valence-corrected chi connectivity index (χ2v) is 7.19. The summed E-state index contributed by atoms with van der Waals surface area (Å²) in [5, 5.41) is 10.4. The molecule has 0 radical (unpaired) electrons. The van der Waals surface area contributed by atoms with Gasteiger partial charge >= 0.3 is 6.03 Å². The molecule has 0 unspecified atom stereocenters. The number of nitrogens with one attached hydrogen (secondary N) is 1. The number of hydrogen-bond acceptors (Lipinski definition) is 4. The SMILES string of the molecule is Cc1nc([C@@H]2CCCN2C(=O)NCc2cscc2C)cs1. The second kappa shape index (κ2) is 6.15. The van der Waals surface area contributed by atoms with Gasteiger partial charge in [-0.2, -0.15) is 11.3 Å². The van der Waals surface area contributed by atoms with E-state index in [1.807, 2.05) is 11.8 Å². The number of likely N-dealkylation sites (tertiary alicyclic amines) is 1. The van der Waals surface area contributed by atoms with E-state index < -0.39 is 0 Å². The summed E-state index contributed by atoms with van der Waals surface area (Å²) in [6, 6.07) is 0.160. The van der Waals surface area contributed by atoms with Gasteiger partial charge in [0.15, 0.2) is 0 Å². The summed E-state index contributed by atoms with van der Waals surface area (Å²) in [5.74, 6) is 0. The highest BCUT2D eigenvalue weighted by Crippen LogP contribution is 2.32. The molecule has 1 saturated heterocycles. The van der Waals surface area contributed by atoms with Crippen LogP contribution in [0.4, 0.5) is 4.79 Å². The Morgan fingerprint density at radius 2 is 2.29 bits per heavy atom. The quantitative estimate of drug-likeness (QED) is 0.933. The van der Waals surface area contributed by atoms with Gasteiger partial charge in [0.1, 0.15) is 0 Å². The Labute approximate surface area is 132 Å². The monoisotopic (exact) mass is 321 g/mol. The molecule has 3 rings (SSSR count). The molecular formula is C15H19N3OS2. The largest absolute Gasteiger partial charge is 0.334 e. The van der Waals surface area contributed by atoms with Crippen molar-refractivity contribution in [2.24, 2.45) is 0 Å². The number of amides is 2. The molecule has 0 spiro atoms. The maximum absolute atomic E-state index is 12.4. The number of nitrogens with zero attached hydrogens (tertiary/aromatic N) is 2. The Hall–Kier alpha value is -1.40. The molecule has 1 N–H and O–H groups in total. The van der Waals surface area contributed by atoms with Gasteiger partial charge in [-0.15, -0.1) is 11.3 Å². The van der Waals surface area contributed by atoms with Crippen LogP contribution in [0.5, 0.6) is 0 Å². The molecule has 2 aromatic heterocycles. The van der Waals surface area contributed by atoms with E-state index >= 15 is 0 Å². The molecule has 0 aliphatic carbocycles. The van der Waals surface area contributed by atoms with Crippen LogP contribution < -0.4 is 5.32 Å². The van der Waals surface area contributed by atoms with Crippen molar-refractivity contribution in [3.05, 3.63) is 38.0 Å². The van der Waals surface area contributed by atoms with Crippen molar-refractivity contribution in [3.8, 4) is 0 Å². The highest BCUT2D eigenvalue weighted by molar-refractivity contribution is 7.09. The number of hydrogen-bond donors (Lipinski definition) is 1. The predicted molar refractivity (Wildman–Crippen MR) is 86.8 cm³/mol. The third kappa shape index (κ3) is 3.11. The molecule has 3 heterocycles. The van der Waals surface area contributed by atoms with Gasteiger partial charge in [0.2, 0.25) is 0 Å². The number of aryl methyl sites for hydroxylation is 2. The van der Waals surface area contributed by atoms with E-state index in [0.29, 0.717) is 6.54 Å². The fraction of sp³-hybridized carbons (Fsp3) is 0.467. The average Bonchev–Trinajstić information content (AvgIpc) is 3.16. The van der Waals surface area contributed by atoms with Crippen LogP contribution in [-0.2, 0) is 6.54 Å². The maximum atomic E-state index is 12.4. The van der Waals surface area contributed by atoms with E-state index in [1.54, 1.807) is 22.7 Å². The fourth-order valence-electron chi connectivity index (χ4n) is 2.69. The van der Waals surface area contributed by atoms with Gasteiger partial charge in [0.25, 0.3) is 0 Å². The average molecular weight is 321 g/mol. The van der Waals surface area contributed by atoms with E-state index in [0.717, 1.165) is 30.1 Å². The summed E-state index contributed by atoms with van der Waals surface area (Å²) in [7, 11) is 0. The summed E-state index contributed by atoms with van der Waals surface area (Å²) >= 11 is 3.33. The van der Waals surface area contributed by atoms with Crippen molar-refractivity contribution in [1.29, 1.82) is 0 Å². The smallest absolute Gasteiger partial charge is 0.318 e. The van der Waals surface area contributed by atoms with Crippen LogP contribution in [-0.4, -0.2) is 22.5 Å². The maximum Gasteiger partial charge on any atom is 0.318 e. The van der Waals surface area contributed by atoms with Crippen LogP contribution in [0.25, 0.3) is 0 Å². The Morgan fingerprint density at radius 1 is 1.43 bits per heavy atom. The van der Waals surface area contributed by atoms with Gasteiger partial charge in [-0.25, -0.2) is 9.78 Å². The highest BCUT2D eigenvalue weighted by atomic mass is 32.1. The molecule has 2 amide bonds. The summed E-state index contributed by atoms with van der Waals surface area (Å²) in [4.78, 5) is 18.9. The minimum Gasteiger partial charge on any atom is -0.334 e. The summed E-state index contributed by atoms with van der Waals surface area (Å²) in [6.45, 7) is 5.50. The zero-order valence-corrected chi connectivity index (χ0v) is 13.9. The molecule has 2 aromatic rings. The Morgan fingerprint density at radius 3 is 2.95 bits per heavy atom. The van der Waals surface area contributed by atoms with Crippen LogP contribution in [0.1, 0.15) is 40.7 Å². The van der Waals surface area contributed by atoms with Crippen molar-refractivity contribution < 1.29 is 4.79 Å². The highest BCUT2D eigenvalue weighted by Gasteiger charge is 2.31. The van der Waals surface area contributed by atoms with Crippen LogP contribution in [0.2, 0.25) is 0 Å². The number of carbonyl (C=O) groups is 1. The molecule has 6 heteroatoms. The number of thiophene rings is 1. The Balaban J connectivity index is 1.65. The molecule has 0 saturated carbocycles. The lowest BCUT2D eigenvalue weighted by atomic mass is 10.2. The first-order chi connectivity index (χ1) is 10.1. The predicted octanol–water partition coefficient (Wildman–Crippen LogP) is 3.87. The minimum absolute atomic E-state index is 0.0220. The third-order valence-electron chi connectivity index (χ3n) is 3.88. The first-order valence-corrected chi connectivity index (χ1v) is 8.95. The molecule has 1 aliphatic heterocycles. The van der Waals surface area contributed by atoms with Crippen LogP contribution in [0.3, 0.4) is 0 Å². The minimum atomic E-state index is 0.0220. The van der Waals surface area contributed by atoms with E-state index in [-0.39, 0.29) is 12.1 Å². The van der Waals surface area contributed by atoms with Crippen LogP contribution in [0.15, 0.2) is 16.1 Å². The molecule has 0 aromatic carbocycles. The van der Waals surface area contributed by atoms with E-state index in [9.17, 15) is 4.79 Å². The zero-order chi connectivity index (χ0) is 14.8. The van der Waals surface area contributed by atoms with Crippen molar-refractivity contribution in [2.45, 2.75) is 39.3 Å². The van der Waals surface area contributed by atoms with Crippen molar-refractivity contribution in [3.63, 3.8) is 0 Å². The van der Waals surface area contributed by atoms with Gasteiger partial charge in [-0.1, -0.05) is 0 Å². The Bertz CT molecular complexity index is 634. The van der Waals surface area contributed by atoms with Crippen LogP contribution >= 0.6 is 22.7 Å². The topological polar surface area (TPSA) is 45.2 Å². The summed E-state index contributed by atoms with van der Waals surface area (Å²) < 4.78 is 0. The summed E-state index contributed by atoms with van der Waals surface area (Å²) in [6.07, 6.45) is 2.06. The van der Waals surface area contributed by atoms with Gasteiger partial charge in [0, 0.05) is 18.5 Å². The van der Waals surface area contributed by atoms with Gasteiger partial charge in [-0.3, -0.25) is 0 Å². The van der Waals surface area contributed by atoms with E-state index in [2.05, 4.69) is 33.4 Å². The number of aromatic nitrogens is 1. The zero-order valence-electron chi connectivity index (χ0n) is 12.3. The van der Waals surface area contributed by atoms with Crippen molar-refractivity contribution in [1.82, 2.24) is 15.2 Å². The van der Waals surface area contributed by atoms with E-state index in [4.69, 9.17) is 0 Å². The number of urea groups is 1. The molecule has 112 valence electrons. The van der Waals surface area contributed by atoms with Gasteiger partial charge in [-0.05, 0) is 48.6 Å². The normalized spacial score (nSPS) is 18.2. The molecule has 1 aliphatic rings. The lowest BCUT2D eigenvalue weighted by Gasteiger charge is -2.23. The molecule has 4 nitrogen and oxygen atoms in total. The molecule has 0 bridgehead atoms. The standard InChI is InChI=1S/C15H19N3OS2/c1-10-7-20-8-12(10)6-16-15(19)18-5-3-4-14(18)13-9-21-11(2)17-13/h7-9,14H,3-6H2,1-2H3,(H,16,19)/t14-/m0/s1. The second-order valence-electron chi connectivity index (χ2n) is 5.38. The van der Waals surface area contributed by atoms with Gasteiger partial charge < -0.3 is 10.2 Å². The Kier molecular flexibility index (Phi) is 4.26. The molecule has 21 heavy (non-hydrogen) atoms. The summed E-state index contributed by atoms with van der Waals surface area (Å²) in [5.41, 5.74) is 3.49. The number of rotatable bonds is 3. The van der Waals surface area contributed by atoms with Gasteiger partial charge in [0.05, 0.1) is 16.7 Å². The first kappa shape index (κ1) is 14.5. The lowest BCUT2D eigenvalue weighted by Crippen LogP contribution is -2.39. The van der Waals surface area contributed by atoms with Crippen LogP contribution in [0, 0.1) is 13.8 Å².